The second kappa shape index (κ2) is 9.92. The zero-order chi connectivity index (χ0) is 25.1. The second-order valence-corrected chi connectivity index (χ2v) is 8.30. The number of hydrogen-bond acceptors (Lipinski definition) is 7. The van der Waals surface area contributed by atoms with Crippen LogP contribution in [-0.4, -0.2) is 47.1 Å². The minimum atomic E-state index is -0.393. The number of aliphatic imine (C=N–C) groups is 1. The number of benzene rings is 1. The number of rotatable bonds is 2. The molecule has 0 aliphatic carbocycles. The Bertz CT molecular complexity index is 1350. The molecule has 1 amide bonds. The largest absolute Gasteiger partial charge is 0.485 e. The van der Waals surface area contributed by atoms with Crippen molar-refractivity contribution >= 4 is 17.4 Å². The fraction of sp³-hybridized carbons (Fsp3) is 0.231. The van der Waals surface area contributed by atoms with E-state index in [4.69, 9.17) is 16.2 Å². The van der Waals surface area contributed by atoms with Crippen LogP contribution in [0.3, 0.4) is 0 Å². The van der Waals surface area contributed by atoms with E-state index in [0.717, 1.165) is 5.56 Å². The number of ether oxygens (including phenoxy) is 1. The van der Waals surface area contributed by atoms with Crippen molar-refractivity contribution in [3.05, 3.63) is 82.6 Å². The maximum atomic E-state index is 14.2. The Morgan fingerprint density at radius 2 is 2.00 bits per heavy atom. The van der Waals surface area contributed by atoms with E-state index in [1.807, 2.05) is 19.1 Å². The number of halogens is 1. The molecule has 8 nitrogen and oxygen atoms in total. The van der Waals surface area contributed by atoms with Crippen LogP contribution in [0, 0.1) is 5.82 Å². The third-order valence-corrected chi connectivity index (χ3v) is 5.68. The first-order valence-electron chi connectivity index (χ1n) is 11.2. The third-order valence-electron chi connectivity index (χ3n) is 5.68. The molecule has 4 rings (SSSR count). The average Bonchev–Trinajstić information content (AvgIpc) is 2.84. The topological polar surface area (TPSA) is 120 Å². The minimum Gasteiger partial charge on any atom is -0.485 e. The predicted octanol–water partition coefficient (Wildman–Crippen LogP) is 3.11. The Morgan fingerprint density at radius 1 is 1.20 bits per heavy atom. The van der Waals surface area contributed by atoms with Crippen LogP contribution < -0.4 is 16.2 Å². The Hall–Kier alpha value is -4.27. The fourth-order valence-corrected chi connectivity index (χ4v) is 3.98. The Morgan fingerprint density at radius 3 is 2.74 bits per heavy atom. The Balaban J connectivity index is 2.05. The van der Waals surface area contributed by atoms with E-state index in [9.17, 15) is 9.18 Å². The normalized spacial score (nSPS) is 15.7. The predicted molar refractivity (Wildman–Crippen MR) is 133 cm³/mol. The average molecular weight is 475 g/mol. The van der Waals surface area contributed by atoms with Gasteiger partial charge in [-0.15, -0.1) is 0 Å². The van der Waals surface area contributed by atoms with Gasteiger partial charge in [0.25, 0.3) is 5.91 Å². The molecule has 0 saturated carbocycles. The van der Waals surface area contributed by atoms with Gasteiger partial charge in [-0.3, -0.25) is 14.8 Å². The molecular weight excluding hydrogens is 447 g/mol. The van der Waals surface area contributed by atoms with Crippen LogP contribution in [0.4, 0.5) is 10.2 Å². The van der Waals surface area contributed by atoms with E-state index in [-0.39, 0.29) is 30.4 Å². The van der Waals surface area contributed by atoms with Gasteiger partial charge in [0.15, 0.2) is 11.6 Å². The standard InChI is InChI=1S/C26H27FN6O2/c1-4-30-24-16-12-21(25(29)32-13-16)35-14-17-10-18(27)7-8-19(17)23-15(6-5-9-31-23)11-20(24)22(28)26(34)33(2)3/h5-10,12-13H,4,11,14,28H2,1-3H3,(H2,29,32)/b22-20-,30-24?. The van der Waals surface area contributed by atoms with E-state index < -0.39 is 5.82 Å². The summed E-state index contributed by atoms with van der Waals surface area (Å²) in [4.78, 5) is 27.9. The highest BCUT2D eigenvalue weighted by Gasteiger charge is 2.24. The highest BCUT2D eigenvalue weighted by Crippen LogP contribution is 2.32. The van der Waals surface area contributed by atoms with Crippen LogP contribution in [0.5, 0.6) is 5.75 Å². The summed E-state index contributed by atoms with van der Waals surface area (Å²) < 4.78 is 20.2. The number of aromatic nitrogens is 2. The monoisotopic (exact) mass is 474 g/mol. The molecule has 0 radical (unpaired) electrons. The number of nitrogens with zero attached hydrogens (tertiary/aromatic N) is 4. The minimum absolute atomic E-state index is 0.0582. The molecule has 0 atom stereocenters. The Labute approximate surface area is 203 Å². The maximum Gasteiger partial charge on any atom is 0.269 e. The first-order chi connectivity index (χ1) is 16.8. The smallest absolute Gasteiger partial charge is 0.269 e. The summed E-state index contributed by atoms with van der Waals surface area (Å²) >= 11 is 0. The number of nitrogens with two attached hydrogens (primary N) is 2. The molecule has 0 spiro atoms. The van der Waals surface area contributed by atoms with Gasteiger partial charge in [-0.05, 0) is 42.8 Å². The molecular formula is C26H27FN6O2. The SMILES string of the molecule is CCN=C1/C(=C(\N)C(=O)N(C)C)Cc2cccnc2-c2ccc(F)cc2COc2cc1cnc2N. The Kier molecular flexibility index (Phi) is 6.77. The summed E-state index contributed by atoms with van der Waals surface area (Å²) in [6.07, 6.45) is 3.51. The van der Waals surface area contributed by atoms with Gasteiger partial charge >= 0.3 is 0 Å². The molecule has 3 aromatic rings. The van der Waals surface area contributed by atoms with E-state index in [2.05, 4.69) is 15.0 Å². The maximum absolute atomic E-state index is 14.2. The summed E-state index contributed by atoms with van der Waals surface area (Å²) in [5, 5.41) is 0. The molecule has 2 aromatic heterocycles. The van der Waals surface area contributed by atoms with Gasteiger partial charge in [-0.1, -0.05) is 6.07 Å². The number of fused-ring (bicyclic) bond motifs is 5. The van der Waals surface area contributed by atoms with Gasteiger partial charge in [0.1, 0.15) is 18.1 Å². The number of anilines is 1. The molecule has 0 unspecified atom stereocenters. The zero-order valence-electron chi connectivity index (χ0n) is 19.9. The first-order valence-corrected chi connectivity index (χ1v) is 11.2. The van der Waals surface area contributed by atoms with Crippen molar-refractivity contribution in [2.75, 3.05) is 26.4 Å². The van der Waals surface area contributed by atoms with E-state index >= 15 is 0 Å². The van der Waals surface area contributed by atoms with Gasteiger partial charge in [-0.2, -0.15) is 0 Å². The lowest BCUT2D eigenvalue weighted by atomic mass is 9.91. The van der Waals surface area contributed by atoms with Crippen molar-refractivity contribution < 1.29 is 13.9 Å². The van der Waals surface area contributed by atoms with E-state index in [1.165, 1.54) is 17.0 Å². The molecule has 1 aromatic carbocycles. The lowest BCUT2D eigenvalue weighted by molar-refractivity contribution is -0.124. The number of likely N-dealkylation sites (N-methyl/N-ethyl adjacent to an activating group) is 1. The quantitative estimate of drug-likeness (QED) is 0.551. The lowest BCUT2D eigenvalue weighted by Gasteiger charge is -2.21. The summed E-state index contributed by atoms with van der Waals surface area (Å²) in [6, 6.07) is 9.90. The number of carbonyl (C=O) groups is 1. The van der Waals surface area contributed by atoms with Crippen molar-refractivity contribution in [2.45, 2.75) is 20.0 Å². The van der Waals surface area contributed by atoms with E-state index in [0.29, 0.717) is 46.0 Å². The number of hydrogen-bond donors (Lipinski definition) is 2. The van der Waals surface area contributed by atoms with Crippen LogP contribution in [0.1, 0.15) is 23.6 Å². The summed E-state index contributed by atoms with van der Waals surface area (Å²) in [5.41, 5.74) is 17.0. The van der Waals surface area contributed by atoms with Gasteiger partial charge in [-0.25, -0.2) is 9.37 Å². The van der Waals surface area contributed by atoms with Gasteiger partial charge in [0, 0.05) is 61.7 Å². The van der Waals surface area contributed by atoms with Gasteiger partial charge < -0.3 is 21.1 Å². The van der Waals surface area contributed by atoms with Crippen molar-refractivity contribution in [2.24, 2.45) is 10.7 Å². The molecule has 35 heavy (non-hydrogen) atoms. The van der Waals surface area contributed by atoms with Crippen molar-refractivity contribution in [3.8, 4) is 17.0 Å². The molecule has 1 aliphatic heterocycles. The van der Waals surface area contributed by atoms with E-state index in [1.54, 1.807) is 38.6 Å². The molecule has 2 bridgehead atoms. The highest BCUT2D eigenvalue weighted by molar-refractivity contribution is 6.16. The number of carbonyl (C=O) groups excluding carboxylic acids is 1. The van der Waals surface area contributed by atoms with Gasteiger partial charge in [0.05, 0.1) is 11.4 Å². The van der Waals surface area contributed by atoms with Crippen LogP contribution in [0.25, 0.3) is 11.3 Å². The van der Waals surface area contributed by atoms with Crippen LogP contribution in [0.15, 0.2) is 65.1 Å². The third kappa shape index (κ3) is 4.84. The molecule has 3 heterocycles. The summed E-state index contributed by atoms with van der Waals surface area (Å²) in [7, 11) is 3.28. The summed E-state index contributed by atoms with van der Waals surface area (Å²) in [6.45, 7) is 2.40. The molecule has 180 valence electrons. The lowest BCUT2D eigenvalue weighted by Crippen LogP contribution is -2.31. The molecule has 9 heteroatoms. The van der Waals surface area contributed by atoms with Crippen molar-refractivity contribution in [3.63, 3.8) is 0 Å². The molecule has 0 saturated heterocycles. The first kappa shape index (κ1) is 23.9. The number of allylic oxidation sites excluding steroid dienone is 1. The van der Waals surface area contributed by atoms with Crippen molar-refractivity contribution in [1.82, 2.24) is 14.9 Å². The number of pyridine rings is 2. The summed E-state index contributed by atoms with van der Waals surface area (Å²) in [5.74, 6) is -0.236. The number of nitrogen functional groups attached to an aromatic ring is 1. The van der Waals surface area contributed by atoms with Crippen LogP contribution in [-0.2, 0) is 17.8 Å². The van der Waals surface area contributed by atoms with Crippen LogP contribution in [0.2, 0.25) is 0 Å². The van der Waals surface area contributed by atoms with Crippen LogP contribution >= 0.6 is 0 Å². The highest BCUT2D eigenvalue weighted by atomic mass is 19.1. The molecule has 1 aliphatic rings. The fourth-order valence-electron chi connectivity index (χ4n) is 3.98. The molecule has 0 fully saturated rings. The number of amides is 1. The zero-order valence-corrected chi connectivity index (χ0v) is 19.9. The van der Waals surface area contributed by atoms with Gasteiger partial charge in [0.2, 0.25) is 0 Å². The van der Waals surface area contributed by atoms with Crippen molar-refractivity contribution in [1.29, 1.82) is 0 Å². The second-order valence-electron chi connectivity index (χ2n) is 8.30. The molecule has 4 N–H and O–H groups in total.